The summed E-state index contributed by atoms with van der Waals surface area (Å²) in [7, 11) is -4.05. The summed E-state index contributed by atoms with van der Waals surface area (Å²) in [6.45, 7) is 8.68. The Morgan fingerprint density at radius 1 is 1.21 bits per heavy atom. The van der Waals surface area contributed by atoms with Crippen molar-refractivity contribution in [2.45, 2.75) is 39.0 Å². The molecule has 0 fully saturated rings. The van der Waals surface area contributed by atoms with Crippen LogP contribution in [0.1, 0.15) is 43.6 Å². The second-order valence-corrected chi connectivity index (χ2v) is 9.71. The van der Waals surface area contributed by atoms with E-state index < -0.39 is 21.4 Å². The zero-order valence-corrected chi connectivity index (χ0v) is 17.8. The molecule has 2 N–H and O–H groups in total. The fourth-order valence-corrected chi connectivity index (χ4v) is 4.04. The van der Waals surface area contributed by atoms with Crippen molar-refractivity contribution < 1.29 is 22.7 Å². The Morgan fingerprint density at radius 2 is 1.89 bits per heavy atom. The predicted octanol–water partition coefficient (Wildman–Crippen LogP) is 2.81. The normalized spacial score (nSPS) is 11.8. The van der Waals surface area contributed by atoms with Crippen molar-refractivity contribution in [3.05, 3.63) is 29.3 Å². The number of aromatic nitrogens is 2. The van der Waals surface area contributed by atoms with Crippen LogP contribution in [-0.4, -0.2) is 37.1 Å². The van der Waals surface area contributed by atoms with E-state index in [0.29, 0.717) is 5.56 Å². The lowest BCUT2D eigenvalue weighted by molar-refractivity contribution is -0.123. The molecular formula is C17H22N4O5S2. The number of benzene rings is 1. The number of anilines is 2. The SMILES string of the molecule is CCOC(=O)c1cccc(NS(=O)(=O)c2nnc(NC(=O)C(C)(C)C)s2)c1C. The third-order valence-corrected chi connectivity index (χ3v) is 6.18. The van der Waals surface area contributed by atoms with Crippen LogP contribution in [0.5, 0.6) is 0 Å². The Bertz CT molecular complexity index is 993. The zero-order chi connectivity index (χ0) is 21.1. The summed E-state index contributed by atoms with van der Waals surface area (Å²) >= 11 is 0.732. The molecule has 0 saturated heterocycles. The Balaban J connectivity index is 2.25. The van der Waals surface area contributed by atoms with Gasteiger partial charge in [0.05, 0.1) is 17.9 Å². The van der Waals surface area contributed by atoms with Crippen LogP contribution in [0.25, 0.3) is 0 Å². The van der Waals surface area contributed by atoms with Gasteiger partial charge in [-0.3, -0.25) is 9.52 Å². The van der Waals surface area contributed by atoms with Gasteiger partial charge in [0.15, 0.2) is 0 Å². The van der Waals surface area contributed by atoms with Gasteiger partial charge in [-0.2, -0.15) is 8.42 Å². The van der Waals surface area contributed by atoms with Gasteiger partial charge in [0.2, 0.25) is 11.0 Å². The molecule has 2 rings (SSSR count). The Hall–Kier alpha value is -2.53. The molecule has 1 aromatic heterocycles. The van der Waals surface area contributed by atoms with Gasteiger partial charge in [-0.1, -0.05) is 38.2 Å². The average Bonchev–Trinajstić information content (AvgIpc) is 3.05. The van der Waals surface area contributed by atoms with E-state index in [4.69, 9.17) is 4.74 Å². The van der Waals surface area contributed by atoms with Crippen molar-refractivity contribution in [3.63, 3.8) is 0 Å². The molecule has 152 valence electrons. The van der Waals surface area contributed by atoms with Crippen LogP contribution in [-0.2, 0) is 19.6 Å². The molecule has 1 aromatic carbocycles. The minimum absolute atomic E-state index is 0.0808. The molecule has 0 saturated carbocycles. The summed E-state index contributed by atoms with van der Waals surface area (Å²) in [6, 6.07) is 4.63. The van der Waals surface area contributed by atoms with Crippen LogP contribution in [0.2, 0.25) is 0 Å². The molecule has 1 amide bonds. The molecule has 0 aliphatic heterocycles. The van der Waals surface area contributed by atoms with Crippen molar-refractivity contribution in [1.82, 2.24) is 10.2 Å². The van der Waals surface area contributed by atoms with E-state index in [-0.39, 0.29) is 33.2 Å². The maximum atomic E-state index is 12.6. The first-order valence-corrected chi connectivity index (χ1v) is 10.7. The largest absolute Gasteiger partial charge is 0.462 e. The number of nitrogens with one attached hydrogen (secondary N) is 2. The Kier molecular flexibility index (Phi) is 6.40. The Morgan fingerprint density at radius 3 is 2.50 bits per heavy atom. The van der Waals surface area contributed by atoms with Crippen molar-refractivity contribution in [3.8, 4) is 0 Å². The van der Waals surface area contributed by atoms with Crippen molar-refractivity contribution in [2.75, 3.05) is 16.6 Å². The van der Waals surface area contributed by atoms with Gasteiger partial charge in [0.25, 0.3) is 14.4 Å². The quantitative estimate of drug-likeness (QED) is 0.537. The highest BCUT2D eigenvalue weighted by molar-refractivity contribution is 7.94. The standard InChI is InChI=1S/C17H22N4O5S2/c1-6-26-13(22)11-8-7-9-12(10(11)2)21-28(24,25)16-20-19-15(27-16)18-14(23)17(3,4)5/h7-9,21H,6H2,1-5H3,(H,18,19,23). The first kappa shape index (κ1) is 21.8. The van der Waals surface area contributed by atoms with Crippen LogP contribution in [0.3, 0.4) is 0 Å². The molecule has 0 bridgehead atoms. The molecule has 0 unspecified atom stereocenters. The molecule has 28 heavy (non-hydrogen) atoms. The number of hydrogen-bond acceptors (Lipinski definition) is 8. The van der Waals surface area contributed by atoms with E-state index in [1.807, 2.05) is 0 Å². The van der Waals surface area contributed by atoms with E-state index in [1.165, 1.54) is 6.07 Å². The molecule has 0 atom stereocenters. The number of nitrogens with zero attached hydrogens (tertiary/aromatic N) is 2. The molecule has 0 aliphatic carbocycles. The summed E-state index contributed by atoms with van der Waals surface area (Å²) < 4.78 is 32.3. The number of ether oxygens (including phenoxy) is 1. The topological polar surface area (TPSA) is 127 Å². The smallest absolute Gasteiger partial charge is 0.338 e. The van der Waals surface area contributed by atoms with Crippen LogP contribution < -0.4 is 10.0 Å². The third kappa shape index (κ3) is 5.04. The van der Waals surface area contributed by atoms with Crippen LogP contribution in [0.4, 0.5) is 10.8 Å². The number of carbonyl (C=O) groups excluding carboxylic acids is 2. The Labute approximate surface area is 167 Å². The van der Waals surface area contributed by atoms with Gasteiger partial charge in [-0.25, -0.2) is 4.79 Å². The van der Waals surface area contributed by atoms with E-state index in [1.54, 1.807) is 46.8 Å². The second-order valence-electron chi connectivity index (χ2n) is 6.88. The van der Waals surface area contributed by atoms with Gasteiger partial charge < -0.3 is 10.1 Å². The second kappa shape index (κ2) is 8.23. The summed E-state index contributed by atoms with van der Waals surface area (Å²) in [5.41, 5.74) is 0.252. The first-order chi connectivity index (χ1) is 13.0. The van der Waals surface area contributed by atoms with Gasteiger partial charge in [0, 0.05) is 5.41 Å². The lowest BCUT2D eigenvalue weighted by Crippen LogP contribution is -2.27. The molecule has 0 radical (unpaired) electrons. The maximum absolute atomic E-state index is 12.6. The summed E-state index contributed by atoms with van der Waals surface area (Å²) in [6.07, 6.45) is 0. The molecule has 0 aliphatic rings. The van der Waals surface area contributed by atoms with Crippen molar-refractivity contribution in [1.29, 1.82) is 0 Å². The van der Waals surface area contributed by atoms with E-state index in [0.717, 1.165) is 11.3 Å². The van der Waals surface area contributed by atoms with Crippen LogP contribution in [0, 0.1) is 12.3 Å². The highest BCUT2D eigenvalue weighted by Gasteiger charge is 2.26. The molecule has 2 aromatic rings. The molecular weight excluding hydrogens is 404 g/mol. The number of sulfonamides is 1. The van der Waals surface area contributed by atoms with Crippen molar-refractivity contribution in [2.24, 2.45) is 5.41 Å². The minimum atomic E-state index is -4.05. The van der Waals surface area contributed by atoms with Gasteiger partial charge >= 0.3 is 5.97 Å². The number of rotatable bonds is 6. The number of carbonyl (C=O) groups is 2. The summed E-state index contributed by atoms with van der Waals surface area (Å²) in [4.78, 5) is 24.0. The van der Waals surface area contributed by atoms with Crippen molar-refractivity contribution >= 4 is 44.1 Å². The van der Waals surface area contributed by atoms with Crippen LogP contribution >= 0.6 is 11.3 Å². The highest BCUT2D eigenvalue weighted by atomic mass is 32.2. The van der Waals surface area contributed by atoms with E-state index in [9.17, 15) is 18.0 Å². The fourth-order valence-electron chi connectivity index (χ4n) is 2.02. The number of esters is 1. The van der Waals surface area contributed by atoms with Gasteiger partial charge in [-0.15, -0.1) is 10.2 Å². The molecule has 11 heteroatoms. The number of amides is 1. The average molecular weight is 427 g/mol. The molecule has 0 spiro atoms. The minimum Gasteiger partial charge on any atom is -0.462 e. The molecule has 1 heterocycles. The third-order valence-electron chi connectivity index (χ3n) is 3.61. The lowest BCUT2D eigenvalue weighted by Gasteiger charge is -2.15. The van der Waals surface area contributed by atoms with Gasteiger partial charge in [0.1, 0.15) is 0 Å². The number of hydrogen-bond donors (Lipinski definition) is 2. The highest BCUT2D eigenvalue weighted by Crippen LogP contribution is 2.27. The summed E-state index contributed by atoms with van der Waals surface area (Å²) in [5.74, 6) is -0.845. The zero-order valence-electron chi connectivity index (χ0n) is 16.2. The van der Waals surface area contributed by atoms with Crippen LogP contribution in [0.15, 0.2) is 22.5 Å². The van der Waals surface area contributed by atoms with E-state index >= 15 is 0 Å². The molecule has 9 nitrogen and oxygen atoms in total. The maximum Gasteiger partial charge on any atom is 0.338 e. The monoisotopic (exact) mass is 426 g/mol. The lowest BCUT2D eigenvalue weighted by atomic mass is 9.96. The van der Waals surface area contributed by atoms with E-state index in [2.05, 4.69) is 20.2 Å². The summed E-state index contributed by atoms with van der Waals surface area (Å²) in [5, 5.41) is 9.98. The fraction of sp³-hybridized carbons (Fsp3) is 0.412. The predicted molar refractivity (Wildman–Crippen MR) is 106 cm³/mol. The van der Waals surface area contributed by atoms with Gasteiger partial charge in [-0.05, 0) is 31.5 Å². The first-order valence-electron chi connectivity index (χ1n) is 8.40.